The normalized spacial score (nSPS) is 11.0. The SMILES string of the molecule is CNc1nc(OC(C)C)nc(N(CCO)CC(F)F)n1. The molecule has 0 saturated heterocycles. The lowest BCUT2D eigenvalue weighted by molar-refractivity contribution is 0.152. The van der Waals surface area contributed by atoms with E-state index in [-0.39, 0.29) is 37.2 Å². The van der Waals surface area contributed by atoms with E-state index in [0.29, 0.717) is 0 Å². The van der Waals surface area contributed by atoms with Crippen molar-refractivity contribution in [2.24, 2.45) is 0 Å². The maximum Gasteiger partial charge on any atom is 0.323 e. The summed E-state index contributed by atoms with van der Waals surface area (Å²) in [4.78, 5) is 13.2. The number of nitrogens with one attached hydrogen (secondary N) is 1. The van der Waals surface area contributed by atoms with E-state index >= 15 is 0 Å². The molecule has 0 aliphatic heterocycles. The van der Waals surface area contributed by atoms with Gasteiger partial charge in [0, 0.05) is 13.6 Å². The van der Waals surface area contributed by atoms with Crippen LogP contribution in [-0.2, 0) is 0 Å². The van der Waals surface area contributed by atoms with Gasteiger partial charge in [0.05, 0.1) is 19.3 Å². The standard InChI is InChI=1S/C11H19F2N5O2/c1-7(2)20-11-16-9(14-3)15-10(17-11)18(4-5-19)6-8(12)13/h7-8,19H,4-6H2,1-3H3,(H,14,15,16,17). The van der Waals surface area contributed by atoms with Gasteiger partial charge < -0.3 is 20.1 Å². The highest BCUT2D eigenvalue weighted by molar-refractivity contribution is 5.38. The molecule has 20 heavy (non-hydrogen) atoms. The summed E-state index contributed by atoms with van der Waals surface area (Å²) in [7, 11) is 1.60. The van der Waals surface area contributed by atoms with Crippen LogP contribution in [0.15, 0.2) is 0 Å². The van der Waals surface area contributed by atoms with Crippen molar-refractivity contribution in [3.8, 4) is 6.01 Å². The van der Waals surface area contributed by atoms with Gasteiger partial charge in [-0.05, 0) is 13.8 Å². The first-order valence-electron chi connectivity index (χ1n) is 6.20. The number of aromatic nitrogens is 3. The van der Waals surface area contributed by atoms with Crippen molar-refractivity contribution in [1.29, 1.82) is 0 Å². The highest BCUT2D eigenvalue weighted by Crippen LogP contribution is 2.16. The van der Waals surface area contributed by atoms with Crippen LogP contribution in [0.5, 0.6) is 6.01 Å². The van der Waals surface area contributed by atoms with E-state index in [1.165, 1.54) is 4.90 Å². The van der Waals surface area contributed by atoms with E-state index in [9.17, 15) is 8.78 Å². The predicted octanol–water partition coefficient (Wildman–Crippen LogP) is 0.764. The molecular formula is C11H19F2N5O2. The zero-order chi connectivity index (χ0) is 15.1. The number of halogens is 2. The van der Waals surface area contributed by atoms with Crippen molar-refractivity contribution in [2.45, 2.75) is 26.4 Å². The largest absolute Gasteiger partial charge is 0.461 e. The monoisotopic (exact) mass is 291 g/mol. The lowest BCUT2D eigenvalue weighted by atomic mass is 10.5. The Morgan fingerprint density at radius 1 is 1.30 bits per heavy atom. The lowest BCUT2D eigenvalue weighted by Crippen LogP contribution is -2.33. The molecule has 0 bridgehead atoms. The Balaban J connectivity index is 3.05. The summed E-state index contributed by atoms with van der Waals surface area (Å²) >= 11 is 0. The molecule has 0 fully saturated rings. The molecule has 1 heterocycles. The van der Waals surface area contributed by atoms with Gasteiger partial charge in [-0.1, -0.05) is 0 Å². The Bertz CT molecular complexity index is 420. The fourth-order valence-corrected chi connectivity index (χ4v) is 1.42. The topological polar surface area (TPSA) is 83.4 Å². The average molecular weight is 291 g/mol. The first-order valence-corrected chi connectivity index (χ1v) is 6.20. The predicted molar refractivity (Wildman–Crippen MR) is 70.4 cm³/mol. The molecule has 9 heteroatoms. The van der Waals surface area contributed by atoms with E-state index in [4.69, 9.17) is 9.84 Å². The molecule has 0 spiro atoms. The van der Waals surface area contributed by atoms with E-state index in [2.05, 4.69) is 20.3 Å². The maximum atomic E-state index is 12.5. The summed E-state index contributed by atoms with van der Waals surface area (Å²) in [5, 5.41) is 11.7. The lowest BCUT2D eigenvalue weighted by Gasteiger charge is -2.22. The smallest absolute Gasteiger partial charge is 0.323 e. The molecule has 1 rings (SSSR count). The minimum absolute atomic E-state index is 0.00136. The van der Waals surface area contributed by atoms with Gasteiger partial charge in [-0.15, -0.1) is 0 Å². The third-order valence-corrected chi connectivity index (χ3v) is 2.18. The molecule has 0 atom stereocenters. The molecule has 2 N–H and O–H groups in total. The Kier molecular flexibility index (Phi) is 6.29. The van der Waals surface area contributed by atoms with Crippen molar-refractivity contribution in [3.63, 3.8) is 0 Å². The quantitative estimate of drug-likeness (QED) is 0.731. The number of hydrogen-bond donors (Lipinski definition) is 2. The van der Waals surface area contributed by atoms with Crippen molar-refractivity contribution < 1.29 is 18.6 Å². The summed E-state index contributed by atoms with van der Waals surface area (Å²) < 4.78 is 30.4. The molecule has 0 aromatic carbocycles. The van der Waals surface area contributed by atoms with Crippen LogP contribution in [0.3, 0.4) is 0 Å². The van der Waals surface area contributed by atoms with Gasteiger partial charge in [-0.3, -0.25) is 0 Å². The number of hydrogen-bond acceptors (Lipinski definition) is 7. The summed E-state index contributed by atoms with van der Waals surface area (Å²) in [5.41, 5.74) is 0. The number of aliphatic hydroxyl groups excluding tert-OH is 1. The number of nitrogens with zero attached hydrogens (tertiary/aromatic N) is 4. The minimum Gasteiger partial charge on any atom is -0.461 e. The van der Waals surface area contributed by atoms with Crippen LogP contribution in [0.1, 0.15) is 13.8 Å². The highest BCUT2D eigenvalue weighted by atomic mass is 19.3. The second-order valence-electron chi connectivity index (χ2n) is 4.22. The average Bonchev–Trinajstić information content (AvgIpc) is 2.36. The third-order valence-electron chi connectivity index (χ3n) is 2.18. The van der Waals surface area contributed by atoms with Crippen LogP contribution in [-0.4, -0.2) is 59.3 Å². The fraction of sp³-hybridized carbons (Fsp3) is 0.727. The number of aliphatic hydroxyl groups is 1. The van der Waals surface area contributed by atoms with Crippen molar-refractivity contribution in [3.05, 3.63) is 0 Å². The van der Waals surface area contributed by atoms with E-state index < -0.39 is 13.0 Å². The summed E-state index contributed by atoms with van der Waals surface area (Å²) in [6, 6.07) is 0.0477. The molecule has 0 aliphatic carbocycles. The van der Waals surface area contributed by atoms with E-state index in [1.54, 1.807) is 20.9 Å². The molecule has 1 aromatic rings. The van der Waals surface area contributed by atoms with E-state index in [0.717, 1.165) is 0 Å². The Morgan fingerprint density at radius 2 is 2.00 bits per heavy atom. The zero-order valence-corrected chi connectivity index (χ0v) is 11.7. The fourth-order valence-electron chi connectivity index (χ4n) is 1.42. The molecule has 114 valence electrons. The van der Waals surface area contributed by atoms with Crippen molar-refractivity contribution in [2.75, 3.05) is 37.0 Å². The molecular weight excluding hydrogens is 272 g/mol. The van der Waals surface area contributed by atoms with Gasteiger partial charge in [0.1, 0.15) is 0 Å². The number of alkyl halides is 2. The summed E-state index contributed by atoms with van der Waals surface area (Å²) in [6.45, 7) is 2.74. The molecule has 0 amide bonds. The number of rotatable bonds is 8. The zero-order valence-electron chi connectivity index (χ0n) is 11.7. The second-order valence-corrected chi connectivity index (χ2v) is 4.22. The molecule has 0 aliphatic rings. The van der Waals surface area contributed by atoms with Crippen LogP contribution < -0.4 is 15.0 Å². The molecule has 0 radical (unpaired) electrons. The maximum absolute atomic E-state index is 12.5. The summed E-state index contributed by atoms with van der Waals surface area (Å²) in [6.07, 6.45) is -2.72. The Labute approximate surface area is 116 Å². The van der Waals surface area contributed by atoms with Crippen LogP contribution in [0, 0.1) is 0 Å². The Hall–Kier alpha value is -1.77. The van der Waals surface area contributed by atoms with Gasteiger partial charge in [-0.2, -0.15) is 15.0 Å². The van der Waals surface area contributed by atoms with Crippen molar-refractivity contribution >= 4 is 11.9 Å². The molecule has 7 nitrogen and oxygen atoms in total. The molecule has 0 saturated carbocycles. The van der Waals surface area contributed by atoms with Gasteiger partial charge in [0.2, 0.25) is 11.9 Å². The van der Waals surface area contributed by atoms with Gasteiger partial charge in [0.25, 0.3) is 6.43 Å². The van der Waals surface area contributed by atoms with Crippen LogP contribution >= 0.6 is 0 Å². The van der Waals surface area contributed by atoms with Crippen LogP contribution in [0.2, 0.25) is 0 Å². The van der Waals surface area contributed by atoms with Crippen molar-refractivity contribution in [1.82, 2.24) is 15.0 Å². The first-order chi connectivity index (χ1) is 9.46. The van der Waals surface area contributed by atoms with E-state index in [1.807, 2.05) is 0 Å². The molecule has 1 aromatic heterocycles. The van der Waals surface area contributed by atoms with Gasteiger partial charge in [-0.25, -0.2) is 8.78 Å². The third kappa shape index (κ3) is 5.08. The minimum atomic E-state index is -2.56. The first kappa shape index (κ1) is 16.3. The molecule has 0 unspecified atom stereocenters. The highest BCUT2D eigenvalue weighted by Gasteiger charge is 2.18. The second kappa shape index (κ2) is 7.73. The van der Waals surface area contributed by atoms with Crippen LogP contribution in [0.4, 0.5) is 20.7 Å². The van der Waals surface area contributed by atoms with Gasteiger partial charge >= 0.3 is 6.01 Å². The number of anilines is 2. The van der Waals surface area contributed by atoms with Gasteiger partial charge in [0.15, 0.2) is 0 Å². The number of ether oxygens (including phenoxy) is 1. The van der Waals surface area contributed by atoms with Crippen LogP contribution in [0.25, 0.3) is 0 Å². The Morgan fingerprint density at radius 3 is 2.50 bits per heavy atom. The summed E-state index contributed by atoms with van der Waals surface area (Å²) in [5.74, 6) is 0.247.